The number of hydrogen-bond acceptors (Lipinski definition) is 12. The molecular formula is C16H23N7O7S. The first-order valence-corrected chi connectivity index (χ1v) is 10.2. The van der Waals surface area contributed by atoms with Gasteiger partial charge < -0.3 is 41.9 Å². The highest BCUT2D eigenvalue weighted by Crippen LogP contribution is 2.50. The highest BCUT2D eigenvalue weighted by molar-refractivity contribution is 7.99. The number of nitrogens with one attached hydrogen (secondary N) is 1. The second-order valence-corrected chi connectivity index (χ2v) is 7.99. The first-order valence-electron chi connectivity index (χ1n) is 9.02. The van der Waals surface area contributed by atoms with Crippen LogP contribution in [0, 0.1) is 0 Å². The smallest absolute Gasteiger partial charge is 0.275 e. The number of aromatic nitrogens is 4. The van der Waals surface area contributed by atoms with Crippen LogP contribution in [0.15, 0.2) is 12.7 Å². The Morgan fingerprint density at radius 2 is 2.10 bits per heavy atom. The van der Waals surface area contributed by atoms with E-state index >= 15 is 0 Å². The summed E-state index contributed by atoms with van der Waals surface area (Å²) < 4.78 is 6.60. The third-order valence-electron chi connectivity index (χ3n) is 5.12. The van der Waals surface area contributed by atoms with Crippen molar-refractivity contribution in [1.82, 2.24) is 19.5 Å². The van der Waals surface area contributed by atoms with Crippen LogP contribution in [0.1, 0.15) is 6.92 Å². The Hall–Kier alpha value is -2.40. The number of carbonyl (C=O) groups excluding carboxylic acids is 2. The van der Waals surface area contributed by atoms with Crippen molar-refractivity contribution >= 4 is 40.6 Å². The fraction of sp³-hybridized carbons (Fsp3) is 0.562. The number of hydrogen-bond donors (Lipinski definition) is 7. The largest absolute Gasteiger partial charge is 0.394 e. The fourth-order valence-corrected chi connectivity index (χ4v) is 4.29. The number of ether oxygens (including phenoxy) is 1. The van der Waals surface area contributed by atoms with Crippen LogP contribution in [0.2, 0.25) is 0 Å². The van der Waals surface area contributed by atoms with E-state index in [2.05, 4.69) is 20.3 Å². The van der Waals surface area contributed by atoms with Gasteiger partial charge in [-0.3, -0.25) is 14.2 Å². The molecule has 3 rings (SSSR count). The second kappa shape index (κ2) is 8.27. The van der Waals surface area contributed by atoms with E-state index in [1.165, 1.54) is 13.2 Å². The van der Waals surface area contributed by atoms with Gasteiger partial charge in [0.1, 0.15) is 30.9 Å². The van der Waals surface area contributed by atoms with Gasteiger partial charge in [-0.2, -0.15) is 0 Å². The number of carbonyl (C=O) groups is 2. The van der Waals surface area contributed by atoms with Crippen molar-refractivity contribution < 1.29 is 34.8 Å². The molecule has 0 aromatic carbocycles. The number of amides is 2. The molecule has 1 aliphatic rings. The molecule has 6 atom stereocenters. The van der Waals surface area contributed by atoms with Crippen LogP contribution in [0.4, 0.5) is 5.82 Å². The highest BCUT2D eigenvalue weighted by atomic mass is 32.2. The summed E-state index contributed by atoms with van der Waals surface area (Å²) >= 11 is 0.689. The lowest BCUT2D eigenvalue weighted by atomic mass is 10.0. The van der Waals surface area contributed by atoms with E-state index < -0.39 is 53.4 Å². The Balaban J connectivity index is 2.16. The molecule has 15 heteroatoms. The number of aliphatic hydroxyl groups excluding tert-OH is 3. The summed E-state index contributed by atoms with van der Waals surface area (Å²) in [6, 6.07) is -1.25. The predicted molar refractivity (Wildman–Crippen MR) is 107 cm³/mol. The second-order valence-electron chi connectivity index (χ2n) is 6.96. The summed E-state index contributed by atoms with van der Waals surface area (Å²) in [5.41, 5.74) is 8.73. The van der Waals surface area contributed by atoms with Gasteiger partial charge in [0.15, 0.2) is 21.9 Å². The molecule has 0 unspecified atom stereocenters. The van der Waals surface area contributed by atoms with Crippen LogP contribution in [0.3, 0.4) is 0 Å². The Labute approximate surface area is 179 Å². The topological polar surface area (TPSA) is 232 Å². The molecule has 1 aliphatic heterocycles. The van der Waals surface area contributed by atoms with Crippen LogP contribution in [-0.4, -0.2) is 93.9 Å². The van der Waals surface area contributed by atoms with Crippen LogP contribution in [-0.2, 0) is 20.1 Å². The molecule has 0 aliphatic carbocycles. The molecule has 2 aromatic rings. The van der Waals surface area contributed by atoms with E-state index in [0.717, 1.165) is 17.2 Å². The molecule has 0 spiro atoms. The van der Waals surface area contributed by atoms with Gasteiger partial charge in [-0.05, 0) is 13.2 Å². The van der Waals surface area contributed by atoms with Crippen molar-refractivity contribution in [2.45, 2.75) is 41.9 Å². The van der Waals surface area contributed by atoms with E-state index in [-0.39, 0.29) is 17.0 Å². The molecule has 0 bridgehead atoms. The Kier molecular flexibility index (Phi) is 6.21. The maximum Gasteiger partial charge on any atom is 0.275 e. The zero-order chi connectivity index (χ0) is 23.1. The summed E-state index contributed by atoms with van der Waals surface area (Å²) in [5, 5.41) is 43.2. The molecule has 0 radical (unpaired) electrons. The van der Waals surface area contributed by atoms with Gasteiger partial charge in [-0.1, -0.05) is 0 Å². The van der Waals surface area contributed by atoms with Gasteiger partial charge in [0.05, 0.1) is 12.7 Å². The van der Waals surface area contributed by atoms with E-state index in [9.17, 15) is 30.0 Å². The Bertz CT molecular complexity index is 1000. The van der Waals surface area contributed by atoms with E-state index in [0.29, 0.717) is 11.8 Å². The lowest BCUT2D eigenvalue weighted by Crippen LogP contribution is -2.61. The van der Waals surface area contributed by atoms with Crippen molar-refractivity contribution in [1.29, 1.82) is 0 Å². The van der Waals surface area contributed by atoms with Crippen molar-refractivity contribution in [3.05, 3.63) is 12.7 Å². The molecule has 1 fully saturated rings. The van der Waals surface area contributed by atoms with Crippen LogP contribution in [0.5, 0.6) is 0 Å². The van der Waals surface area contributed by atoms with E-state index in [1.54, 1.807) is 0 Å². The quantitative estimate of drug-likeness (QED) is 0.200. The lowest BCUT2D eigenvalue weighted by Gasteiger charge is -2.38. The molecule has 170 valence electrons. The van der Waals surface area contributed by atoms with Crippen LogP contribution < -0.4 is 16.8 Å². The number of fused-ring (bicyclic) bond motifs is 1. The number of nitrogens with two attached hydrogens (primary N) is 2. The molecule has 9 N–H and O–H groups in total. The molecule has 2 aromatic heterocycles. The monoisotopic (exact) mass is 457 g/mol. The Morgan fingerprint density at radius 3 is 2.65 bits per heavy atom. The zero-order valence-corrected chi connectivity index (χ0v) is 17.4. The minimum Gasteiger partial charge on any atom is -0.394 e. The van der Waals surface area contributed by atoms with Gasteiger partial charge >= 0.3 is 0 Å². The van der Waals surface area contributed by atoms with Crippen molar-refractivity contribution in [3.63, 3.8) is 0 Å². The van der Waals surface area contributed by atoms with Crippen molar-refractivity contribution in [2.75, 3.05) is 18.2 Å². The fourth-order valence-electron chi connectivity index (χ4n) is 3.38. The van der Waals surface area contributed by atoms with Gasteiger partial charge in [0, 0.05) is 0 Å². The average Bonchev–Trinajstić information content (AvgIpc) is 3.26. The highest BCUT2D eigenvalue weighted by Gasteiger charge is 2.70. The predicted octanol–water partition coefficient (Wildman–Crippen LogP) is -3.59. The van der Waals surface area contributed by atoms with Crippen LogP contribution >= 0.6 is 11.8 Å². The van der Waals surface area contributed by atoms with E-state index in [4.69, 9.17) is 16.2 Å². The maximum absolute atomic E-state index is 12.6. The molecule has 14 nitrogen and oxygen atoms in total. The third-order valence-corrected chi connectivity index (χ3v) is 6.26. The van der Waals surface area contributed by atoms with Crippen molar-refractivity contribution in [2.24, 2.45) is 11.5 Å². The minimum absolute atomic E-state index is 0.0109. The molecule has 3 heterocycles. The Morgan fingerprint density at radius 1 is 1.42 bits per heavy atom. The number of primary amides is 1. The summed E-state index contributed by atoms with van der Waals surface area (Å²) in [4.78, 5) is 34.6. The number of anilines is 1. The third kappa shape index (κ3) is 3.34. The maximum atomic E-state index is 12.6. The zero-order valence-electron chi connectivity index (χ0n) is 16.5. The molecule has 1 saturated heterocycles. The molecule has 31 heavy (non-hydrogen) atoms. The summed E-state index contributed by atoms with van der Waals surface area (Å²) in [6.07, 6.45) is -0.627. The van der Waals surface area contributed by atoms with Crippen LogP contribution in [0.25, 0.3) is 11.2 Å². The number of rotatable bonds is 7. The van der Waals surface area contributed by atoms with Gasteiger partial charge in [0.2, 0.25) is 5.91 Å². The van der Waals surface area contributed by atoms with Crippen molar-refractivity contribution in [3.8, 4) is 0 Å². The average molecular weight is 457 g/mol. The molecule has 2 amide bonds. The normalized spacial score (nSPS) is 30.3. The first-order chi connectivity index (χ1) is 14.5. The number of nitrogens with zero attached hydrogens (tertiary/aromatic N) is 4. The SMILES string of the molecule is CS[C@@]1(O)[C@H](O)[C@@H](CO)O[C@@]1(C(N)=O)n1cnc2c(NC(=O)[C@@H](N)[C@@H](C)O)ncnc21. The van der Waals surface area contributed by atoms with Gasteiger partial charge in [-0.25, -0.2) is 15.0 Å². The standard InChI is InChI=1S/C16H23N7O7S/c1-6(25)8(17)13(27)22-11-9-12(20-4-19-11)23(5-21-9)15(14(18)28)16(29,31-2)10(26)7(3-24)30-15/h4-8,10,24-26,29H,3,17H2,1-2H3,(H2,18,28)(H,19,20,22,27)/t6-,7-,8+,10-,15-,16+/m1/s1. The molecular weight excluding hydrogens is 434 g/mol. The number of thioether (sulfide) groups is 1. The lowest BCUT2D eigenvalue weighted by molar-refractivity contribution is -0.178. The van der Waals surface area contributed by atoms with E-state index in [1.807, 2.05) is 0 Å². The van der Waals surface area contributed by atoms with Gasteiger partial charge in [0.25, 0.3) is 11.6 Å². The summed E-state index contributed by atoms with van der Waals surface area (Å²) in [6.45, 7) is 0.633. The van der Waals surface area contributed by atoms with Gasteiger partial charge in [-0.15, -0.1) is 11.8 Å². The summed E-state index contributed by atoms with van der Waals surface area (Å²) in [7, 11) is 0. The number of imidazole rings is 1. The molecule has 0 saturated carbocycles. The number of aliphatic hydroxyl groups is 4. The summed E-state index contributed by atoms with van der Waals surface area (Å²) in [5.74, 6) is -2.02. The minimum atomic E-state index is -2.40. The first kappa shape index (κ1) is 23.3.